The van der Waals surface area contributed by atoms with Crippen LogP contribution in [-0.2, 0) is 10.2 Å². The SMILES string of the molecule is CCCOC(=O)c1c(N)sc(C)c1-c1ccc(C(C)(C)C)cc1. The predicted octanol–water partition coefficient (Wildman–Crippen LogP) is 5.17. The van der Waals surface area contributed by atoms with Crippen LogP contribution in [0.25, 0.3) is 11.1 Å². The lowest BCUT2D eigenvalue weighted by Crippen LogP contribution is -2.11. The predicted molar refractivity (Wildman–Crippen MR) is 98.2 cm³/mol. The molecule has 1 aromatic carbocycles. The second-order valence-corrected chi connectivity index (χ2v) is 7.99. The van der Waals surface area contributed by atoms with Gasteiger partial charge in [0.05, 0.1) is 6.61 Å². The number of anilines is 1. The molecule has 0 amide bonds. The molecule has 4 heteroatoms. The van der Waals surface area contributed by atoms with Gasteiger partial charge in [0.15, 0.2) is 0 Å². The quantitative estimate of drug-likeness (QED) is 0.786. The van der Waals surface area contributed by atoms with Gasteiger partial charge in [0, 0.05) is 10.4 Å². The van der Waals surface area contributed by atoms with Crippen molar-refractivity contribution in [2.45, 2.75) is 46.5 Å². The van der Waals surface area contributed by atoms with Crippen molar-refractivity contribution < 1.29 is 9.53 Å². The molecule has 0 saturated carbocycles. The minimum absolute atomic E-state index is 0.101. The van der Waals surface area contributed by atoms with E-state index in [1.54, 1.807) is 0 Å². The molecule has 0 aliphatic heterocycles. The van der Waals surface area contributed by atoms with E-state index in [0.29, 0.717) is 17.2 Å². The van der Waals surface area contributed by atoms with Gasteiger partial charge in [-0.25, -0.2) is 4.79 Å². The molecule has 0 unspecified atom stereocenters. The van der Waals surface area contributed by atoms with Crippen molar-refractivity contribution >= 4 is 22.3 Å². The largest absolute Gasteiger partial charge is 0.462 e. The number of carbonyl (C=O) groups is 1. The molecule has 0 spiro atoms. The highest BCUT2D eigenvalue weighted by Gasteiger charge is 2.23. The minimum Gasteiger partial charge on any atom is -0.462 e. The number of rotatable bonds is 4. The summed E-state index contributed by atoms with van der Waals surface area (Å²) in [5, 5.41) is 0.526. The number of hydrogen-bond acceptors (Lipinski definition) is 4. The summed E-state index contributed by atoms with van der Waals surface area (Å²) in [5.74, 6) is -0.330. The van der Waals surface area contributed by atoms with Gasteiger partial charge < -0.3 is 10.5 Å². The Kier molecular flexibility index (Phi) is 5.15. The maximum atomic E-state index is 12.4. The summed E-state index contributed by atoms with van der Waals surface area (Å²) < 4.78 is 5.30. The molecule has 0 saturated heterocycles. The highest BCUT2D eigenvalue weighted by Crippen LogP contribution is 2.39. The Morgan fingerprint density at radius 2 is 1.83 bits per heavy atom. The Bertz CT molecular complexity index is 693. The maximum Gasteiger partial charge on any atom is 0.341 e. The molecule has 3 nitrogen and oxygen atoms in total. The van der Waals surface area contributed by atoms with E-state index in [9.17, 15) is 4.79 Å². The van der Waals surface area contributed by atoms with Crippen LogP contribution in [0.1, 0.15) is 54.9 Å². The number of esters is 1. The van der Waals surface area contributed by atoms with Crippen molar-refractivity contribution in [1.29, 1.82) is 0 Å². The van der Waals surface area contributed by atoms with E-state index >= 15 is 0 Å². The van der Waals surface area contributed by atoms with Crippen LogP contribution >= 0.6 is 11.3 Å². The van der Waals surface area contributed by atoms with Gasteiger partial charge in [-0.3, -0.25) is 0 Å². The Hall–Kier alpha value is -1.81. The standard InChI is InChI=1S/C19H25NO2S/c1-6-11-22-18(21)16-15(12(2)23-17(16)20)13-7-9-14(10-8-13)19(3,4)5/h7-10H,6,11,20H2,1-5H3. The van der Waals surface area contributed by atoms with Crippen LogP contribution in [0, 0.1) is 6.92 Å². The Balaban J connectivity index is 2.45. The van der Waals surface area contributed by atoms with Crippen LogP contribution < -0.4 is 5.73 Å². The molecule has 0 aliphatic carbocycles. The van der Waals surface area contributed by atoms with Crippen LogP contribution in [0.4, 0.5) is 5.00 Å². The third kappa shape index (κ3) is 3.75. The van der Waals surface area contributed by atoms with Gasteiger partial charge in [0.2, 0.25) is 0 Å². The zero-order valence-corrected chi connectivity index (χ0v) is 15.3. The van der Waals surface area contributed by atoms with Gasteiger partial charge in [-0.05, 0) is 29.9 Å². The summed E-state index contributed by atoms with van der Waals surface area (Å²) in [5.41, 5.74) is 9.84. The second kappa shape index (κ2) is 6.75. The van der Waals surface area contributed by atoms with E-state index < -0.39 is 0 Å². The van der Waals surface area contributed by atoms with Gasteiger partial charge in [-0.2, -0.15) is 0 Å². The highest BCUT2D eigenvalue weighted by molar-refractivity contribution is 7.16. The van der Waals surface area contributed by atoms with Crippen molar-refractivity contribution in [3.8, 4) is 11.1 Å². The fourth-order valence-electron chi connectivity index (χ4n) is 2.52. The molecule has 1 heterocycles. The first-order chi connectivity index (χ1) is 10.8. The summed E-state index contributed by atoms with van der Waals surface area (Å²) >= 11 is 1.44. The molecule has 23 heavy (non-hydrogen) atoms. The maximum absolute atomic E-state index is 12.4. The van der Waals surface area contributed by atoms with Crippen LogP contribution in [-0.4, -0.2) is 12.6 Å². The van der Waals surface area contributed by atoms with Crippen molar-refractivity contribution in [1.82, 2.24) is 0 Å². The van der Waals surface area contributed by atoms with E-state index in [-0.39, 0.29) is 11.4 Å². The van der Waals surface area contributed by atoms with E-state index in [0.717, 1.165) is 22.4 Å². The molecule has 0 fully saturated rings. The lowest BCUT2D eigenvalue weighted by atomic mass is 9.86. The molecule has 0 atom stereocenters. The van der Waals surface area contributed by atoms with Crippen molar-refractivity contribution in [2.24, 2.45) is 0 Å². The third-order valence-corrected chi connectivity index (χ3v) is 4.73. The van der Waals surface area contributed by atoms with E-state index in [1.807, 2.05) is 13.8 Å². The first-order valence-electron chi connectivity index (χ1n) is 7.92. The summed E-state index contributed by atoms with van der Waals surface area (Å²) in [6.45, 7) is 10.9. The number of ether oxygens (including phenoxy) is 1. The summed E-state index contributed by atoms with van der Waals surface area (Å²) in [6.07, 6.45) is 0.796. The average molecular weight is 331 g/mol. The fourth-order valence-corrected chi connectivity index (χ4v) is 3.46. The zero-order valence-electron chi connectivity index (χ0n) is 14.5. The summed E-state index contributed by atoms with van der Waals surface area (Å²) in [7, 11) is 0. The first-order valence-corrected chi connectivity index (χ1v) is 8.74. The molecule has 0 aliphatic rings. The van der Waals surface area contributed by atoms with Gasteiger partial charge in [-0.15, -0.1) is 11.3 Å². The molecular formula is C19H25NO2S. The number of thiophene rings is 1. The normalized spacial score (nSPS) is 11.5. The molecule has 2 N–H and O–H groups in total. The van der Waals surface area contributed by atoms with Gasteiger partial charge in [-0.1, -0.05) is 52.0 Å². The van der Waals surface area contributed by atoms with Crippen LogP contribution in [0.15, 0.2) is 24.3 Å². The number of benzene rings is 1. The molecule has 1 aromatic heterocycles. The molecule has 0 bridgehead atoms. The Labute approximate surface area is 142 Å². The van der Waals surface area contributed by atoms with Gasteiger partial charge >= 0.3 is 5.97 Å². The lowest BCUT2D eigenvalue weighted by molar-refractivity contribution is 0.0507. The topological polar surface area (TPSA) is 52.3 Å². The summed E-state index contributed by atoms with van der Waals surface area (Å²) in [4.78, 5) is 13.4. The van der Waals surface area contributed by atoms with Gasteiger partial charge in [0.1, 0.15) is 10.6 Å². The van der Waals surface area contributed by atoms with Crippen LogP contribution in [0.2, 0.25) is 0 Å². The average Bonchev–Trinajstić information content (AvgIpc) is 2.78. The smallest absolute Gasteiger partial charge is 0.341 e. The molecular weight excluding hydrogens is 306 g/mol. The van der Waals surface area contributed by atoms with Crippen molar-refractivity contribution in [2.75, 3.05) is 12.3 Å². The second-order valence-electron chi connectivity index (χ2n) is 6.74. The van der Waals surface area contributed by atoms with E-state index in [2.05, 4.69) is 45.0 Å². The van der Waals surface area contributed by atoms with Crippen LogP contribution in [0.5, 0.6) is 0 Å². The fraction of sp³-hybridized carbons (Fsp3) is 0.421. The molecule has 0 radical (unpaired) electrons. The zero-order chi connectivity index (χ0) is 17.2. The third-order valence-electron chi connectivity index (χ3n) is 3.79. The number of aryl methyl sites for hydroxylation is 1. The molecule has 124 valence electrons. The monoisotopic (exact) mass is 331 g/mol. The van der Waals surface area contributed by atoms with E-state index in [1.165, 1.54) is 16.9 Å². The lowest BCUT2D eigenvalue weighted by Gasteiger charge is -2.19. The summed E-state index contributed by atoms with van der Waals surface area (Å²) in [6, 6.07) is 8.35. The molecule has 2 rings (SSSR count). The number of nitrogens with two attached hydrogens (primary N) is 1. The number of nitrogen functional groups attached to an aromatic ring is 1. The highest BCUT2D eigenvalue weighted by atomic mass is 32.1. The van der Waals surface area contributed by atoms with E-state index in [4.69, 9.17) is 10.5 Å². The number of carbonyl (C=O) groups excluding carboxylic acids is 1. The number of hydrogen-bond donors (Lipinski definition) is 1. The van der Waals surface area contributed by atoms with Crippen molar-refractivity contribution in [3.05, 3.63) is 40.3 Å². The molecule has 2 aromatic rings. The van der Waals surface area contributed by atoms with Crippen LogP contribution in [0.3, 0.4) is 0 Å². The Morgan fingerprint density at radius 1 is 1.22 bits per heavy atom. The minimum atomic E-state index is -0.330. The first kappa shape index (κ1) is 17.5. The van der Waals surface area contributed by atoms with Crippen molar-refractivity contribution in [3.63, 3.8) is 0 Å². The Morgan fingerprint density at radius 3 is 2.35 bits per heavy atom. The van der Waals surface area contributed by atoms with Gasteiger partial charge in [0.25, 0.3) is 0 Å².